The molecule has 0 saturated carbocycles. The van der Waals surface area contributed by atoms with Crippen LogP contribution in [-0.4, -0.2) is 4.98 Å². The van der Waals surface area contributed by atoms with Gasteiger partial charge in [0.1, 0.15) is 0 Å². The number of hydrogen-bond acceptors (Lipinski definition) is 1. The van der Waals surface area contributed by atoms with Crippen LogP contribution in [0.3, 0.4) is 0 Å². The maximum Gasteiger partial charge on any atom is 0.0346 e. The third kappa shape index (κ3) is 1.59. The Kier molecular flexibility index (Phi) is 2.64. The molecule has 1 aromatic carbocycles. The van der Waals surface area contributed by atoms with Crippen molar-refractivity contribution in [2.24, 2.45) is 0 Å². The number of hydrogen-bond donors (Lipinski definition) is 0. The Labute approximate surface area is 75.9 Å². The Morgan fingerprint density at radius 3 is 2.36 bits per heavy atom. The van der Waals surface area contributed by atoms with E-state index in [1.165, 1.54) is 10.8 Å². The van der Waals surface area contributed by atoms with Crippen molar-refractivity contribution in [2.75, 3.05) is 0 Å². The predicted molar refractivity (Wildman–Crippen MR) is 41.7 cm³/mol. The van der Waals surface area contributed by atoms with Gasteiger partial charge < -0.3 is 0 Å². The zero-order valence-corrected chi connectivity index (χ0v) is 7.05. The number of nitrogens with zero attached hydrogens (tertiary/aromatic N) is 1. The maximum atomic E-state index is 4.01. The Balaban J connectivity index is 0.000000605. The summed E-state index contributed by atoms with van der Waals surface area (Å²) in [6, 6.07) is 10.2. The average Bonchev–Trinajstić information content (AvgIpc) is 2.05. The summed E-state index contributed by atoms with van der Waals surface area (Å²) in [5.74, 6) is 0. The zero-order chi connectivity index (χ0) is 6.81. The van der Waals surface area contributed by atoms with E-state index in [9.17, 15) is 0 Å². The van der Waals surface area contributed by atoms with Crippen LogP contribution < -0.4 is 0 Å². The minimum absolute atomic E-state index is 0. The minimum Gasteiger partial charge on any atom is -0.264 e. The first-order valence-corrected chi connectivity index (χ1v) is 3.25. The Morgan fingerprint density at radius 2 is 1.64 bits per heavy atom. The Hall–Kier alpha value is -0.851. The molecule has 0 amide bonds. The molecule has 0 aliphatic carbocycles. The summed E-state index contributed by atoms with van der Waals surface area (Å²) in [6.45, 7) is 0. The smallest absolute Gasteiger partial charge is 0.0346 e. The van der Waals surface area contributed by atoms with Crippen LogP contribution in [0.4, 0.5) is 0 Å². The van der Waals surface area contributed by atoms with Gasteiger partial charge in [0.15, 0.2) is 0 Å². The average molecular weight is 184 g/mol. The van der Waals surface area contributed by atoms with Gasteiger partial charge in [0.2, 0.25) is 0 Å². The van der Waals surface area contributed by atoms with E-state index in [-0.39, 0.29) is 17.1 Å². The van der Waals surface area contributed by atoms with Crippen LogP contribution in [0, 0.1) is 0 Å². The molecule has 0 N–H and O–H groups in total. The fraction of sp³-hybridized carbons (Fsp3) is 0. The third-order valence-electron chi connectivity index (χ3n) is 1.55. The summed E-state index contributed by atoms with van der Waals surface area (Å²) in [4.78, 5) is 4.01. The molecule has 2 aromatic rings. The first-order chi connectivity index (χ1) is 4.97. The van der Waals surface area contributed by atoms with Gasteiger partial charge in [-0.15, -0.1) is 0 Å². The summed E-state index contributed by atoms with van der Waals surface area (Å²) in [5.41, 5.74) is 0. The molecule has 0 saturated heterocycles. The van der Waals surface area contributed by atoms with Crippen LogP contribution in [0.25, 0.3) is 10.8 Å². The summed E-state index contributed by atoms with van der Waals surface area (Å²) in [6.07, 6.45) is 3.68. The molecule has 0 aliphatic rings. The molecule has 0 atom stereocenters. The minimum atomic E-state index is 0. The van der Waals surface area contributed by atoms with Crippen molar-refractivity contribution in [3.05, 3.63) is 42.7 Å². The predicted octanol–water partition coefficient (Wildman–Crippen LogP) is 2.23. The van der Waals surface area contributed by atoms with E-state index in [0.717, 1.165) is 0 Å². The fourth-order valence-electron chi connectivity index (χ4n) is 1.03. The van der Waals surface area contributed by atoms with Crippen LogP contribution in [0.5, 0.6) is 0 Å². The Morgan fingerprint density at radius 1 is 0.909 bits per heavy atom. The van der Waals surface area contributed by atoms with Crippen molar-refractivity contribution in [2.45, 2.75) is 0 Å². The van der Waals surface area contributed by atoms with Crippen molar-refractivity contribution >= 4 is 10.8 Å². The van der Waals surface area contributed by atoms with Crippen molar-refractivity contribution in [3.8, 4) is 0 Å². The first kappa shape index (κ1) is 8.25. The second kappa shape index (κ2) is 3.51. The summed E-state index contributed by atoms with van der Waals surface area (Å²) in [5, 5.41) is 2.45. The maximum absolute atomic E-state index is 4.01. The van der Waals surface area contributed by atoms with Crippen LogP contribution in [0.1, 0.15) is 0 Å². The van der Waals surface area contributed by atoms with Gasteiger partial charge in [-0.25, -0.2) is 0 Å². The normalized spacial score (nSPS) is 9.09. The molecule has 2 heteroatoms. The van der Waals surface area contributed by atoms with Crippen molar-refractivity contribution in [1.29, 1.82) is 0 Å². The number of benzene rings is 1. The second-order valence-electron chi connectivity index (χ2n) is 2.22. The van der Waals surface area contributed by atoms with E-state index in [2.05, 4.69) is 17.1 Å². The molecule has 0 fully saturated rings. The number of pyridine rings is 1. The van der Waals surface area contributed by atoms with Crippen LogP contribution in [-0.2, 0) is 17.1 Å². The summed E-state index contributed by atoms with van der Waals surface area (Å²) >= 11 is 0. The van der Waals surface area contributed by atoms with Gasteiger partial charge in [-0.05, 0) is 16.8 Å². The van der Waals surface area contributed by atoms with E-state index in [1.807, 2.05) is 30.6 Å². The van der Waals surface area contributed by atoms with Gasteiger partial charge in [-0.1, -0.05) is 24.3 Å². The SMILES string of the molecule is [Mn].c1ccc2cnccc2c1. The molecule has 11 heavy (non-hydrogen) atoms. The number of aromatic nitrogens is 1. The van der Waals surface area contributed by atoms with E-state index in [1.54, 1.807) is 0 Å². The summed E-state index contributed by atoms with van der Waals surface area (Å²) in [7, 11) is 0. The van der Waals surface area contributed by atoms with E-state index in [0.29, 0.717) is 0 Å². The molecule has 1 heterocycles. The van der Waals surface area contributed by atoms with Crippen LogP contribution >= 0.6 is 0 Å². The molecule has 1 nitrogen and oxygen atoms in total. The molecular weight excluding hydrogens is 177 g/mol. The Bertz CT molecular complexity index is 281. The molecule has 0 bridgehead atoms. The van der Waals surface area contributed by atoms with Gasteiger partial charge >= 0.3 is 0 Å². The monoisotopic (exact) mass is 184 g/mol. The number of rotatable bonds is 0. The largest absolute Gasteiger partial charge is 0.264 e. The van der Waals surface area contributed by atoms with Crippen LogP contribution in [0.2, 0.25) is 0 Å². The quantitative estimate of drug-likeness (QED) is 0.572. The van der Waals surface area contributed by atoms with Gasteiger partial charge in [0, 0.05) is 29.5 Å². The van der Waals surface area contributed by atoms with E-state index >= 15 is 0 Å². The molecule has 55 valence electrons. The van der Waals surface area contributed by atoms with E-state index < -0.39 is 0 Å². The topological polar surface area (TPSA) is 12.9 Å². The van der Waals surface area contributed by atoms with Gasteiger partial charge in [0.05, 0.1) is 0 Å². The molecule has 1 radical (unpaired) electrons. The molecule has 0 unspecified atom stereocenters. The van der Waals surface area contributed by atoms with Crippen molar-refractivity contribution < 1.29 is 17.1 Å². The van der Waals surface area contributed by atoms with E-state index in [4.69, 9.17) is 0 Å². The molecule has 0 spiro atoms. The van der Waals surface area contributed by atoms with Gasteiger partial charge in [-0.2, -0.15) is 0 Å². The molecule has 0 aliphatic heterocycles. The van der Waals surface area contributed by atoms with Gasteiger partial charge in [-0.3, -0.25) is 4.98 Å². The second-order valence-corrected chi connectivity index (χ2v) is 2.22. The fourth-order valence-corrected chi connectivity index (χ4v) is 1.03. The standard InChI is InChI=1S/C9H7N.Mn/c1-2-4-9-7-10-6-5-8(9)3-1;/h1-7H;. The van der Waals surface area contributed by atoms with Gasteiger partial charge in [0.25, 0.3) is 0 Å². The molecule has 2 rings (SSSR count). The van der Waals surface area contributed by atoms with Crippen molar-refractivity contribution in [3.63, 3.8) is 0 Å². The zero-order valence-electron chi connectivity index (χ0n) is 5.87. The molecule has 1 aromatic heterocycles. The molecular formula is C9H7MnN. The first-order valence-electron chi connectivity index (χ1n) is 3.25. The van der Waals surface area contributed by atoms with Crippen molar-refractivity contribution in [1.82, 2.24) is 4.98 Å². The summed E-state index contributed by atoms with van der Waals surface area (Å²) < 4.78 is 0. The van der Waals surface area contributed by atoms with Crippen LogP contribution in [0.15, 0.2) is 42.7 Å². The number of fused-ring (bicyclic) bond motifs is 1. The third-order valence-corrected chi connectivity index (χ3v) is 1.55.